The van der Waals surface area contributed by atoms with Crippen molar-refractivity contribution in [2.45, 2.75) is 17.8 Å². The number of hydrogen-bond acceptors (Lipinski definition) is 5. The first kappa shape index (κ1) is 22.1. The quantitative estimate of drug-likeness (QED) is 0.373. The molecule has 0 N–H and O–H groups in total. The zero-order chi connectivity index (χ0) is 21.9. The van der Waals surface area contributed by atoms with Crippen LogP contribution >= 0.6 is 15.9 Å². The van der Waals surface area contributed by atoms with E-state index in [2.05, 4.69) is 30.4 Å². The van der Waals surface area contributed by atoms with Crippen molar-refractivity contribution >= 4 is 32.2 Å². The third-order valence-electron chi connectivity index (χ3n) is 3.88. The molecule has 2 heterocycles. The van der Waals surface area contributed by atoms with E-state index in [1.54, 1.807) is 18.3 Å². The molecule has 0 spiro atoms. The van der Waals surface area contributed by atoms with E-state index in [4.69, 9.17) is 4.74 Å². The number of alkyl halides is 3. The highest BCUT2D eigenvalue weighted by molar-refractivity contribution is 9.10. The fourth-order valence-corrected chi connectivity index (χ4v) is 3.80. The van der Waals surface area contributed by atoms with E-state index < -0.39 is 21.8 Å². The van der Waals surface area contributed by atoms with Gasteiger partial charge in [0.25, 0.3) is 10.0 Å². The largest absolute Gasteiger partial charge is 0.416 e. The maximum Gasteiger partial charge on any atom is 0.416 e. The van der Waals surface area contributed by atoms with Crippen LogP contribution < -0.4 is 0 Å². The SMILES string of the molecule is COCn1cc(/C=N/S(=O)(=O)c2ccc(C(F)(F)F)cc2)c(-c2cccnc2Br)n1. The normalized spacial score (nSPS) is 12.6. The van der Waals surface area contributed by atoms with Crippen LogP contribution in [0.3, 0.4) is 0 Å². The molecule has 30 heavy (non-hydrogen) atoms. The van der Waals surface area contributed by atoms with Crippen molar-refractivity contribution in [3.05, 3.63) is 64.5 Å². The molecule has 0 bridgehead atoms. The Morgan fingerprint density at radius 2 is 1.93 bits per heavy atom. The number of rotatable bonds is 6. The Kier molecular flexibility index (Phi) is 6.38. The maximum absolute atomic E-state index is 12.7. The van der Waals surface area contributed by atoms with Gasteiger partial charge in [0.1, 0.15) is 17.0 Å². The number of aromatic nitrogens is 3. The molecule has 0 aliphatic carbocycles. The maximum atomic E-state index is 12.7. The summed E-state index contributed by atoms with van der Waals surface area (Å²) in [5.74, 6) is 0. The monoisotopic (exact) mass is 502 g/mol. The van der Waals surface area contributed by atoms with Crippen molar-refractivity contribution < 1.29 is 26.3 Å². The smallest absolute Gasteiger partial charge is 0.362 e. The number of pyridine rings is 1. The van der Waals surface area contributed by atoms with Crippen LogP contribution in [0.4, 0.5) is 13.2 Å². The van der Waals surface area contributed by atoms with Crippen molar-refractivity contribution in [3.8, 4) is 11.3 Å². The lowest BCUT2D eigenvalue weighted by molar-refractivity contribution is -0.137. The summed E-state index contributed by atoms with van der Waals surface area (Å²) in [6.07, 6.45) is -0.374. The third-order valence-corrected chi connectivity index (χ3v) is 5.76. The van der Waals surface area contributed by atoms with Gasteiger partial charge in [-0.2, -0.15) is 31.1 Å². The second-order valence-electron chi connectivity index (χ2n) is 5.96. The molecule has 0 aliphatic heterocycles. The summed E-state index contributed by atoms with van der Waals surface area (Å²) in [6, 6.07) is 6.53. The second kappa shape index (κ2) is 8.66. The summed E-state index contributed by atoms with van der Waals surface area (Å²) in [6.45, 7) is 0.115. The number of benzene rings is 1. The van der Waals surface area contributed by atoms with E-state index >= 15 is 0 Å². The van der Waals surface area contributed by atoms with Crippen LogP contribution in [-0.4, -0.2) is 36.5 Å². The molecule has 0 atom stereocenters. The van der Waals surface area contributed by atoms with Gasteiger partial charge in [-0.3, -0.25) is 0 Å². The predicted molar refractivity (Wildman–Crippen MR) is 106 cm³/mol. The molecule has 12 heteroatoms. The van der Waals surface area contributed by atoms with Gasteiger partial charge in [0.15, 0.2) is 0 Å². The molecule has 158 valence electrons. The Bertz CT molecular complexity index is 1180. The molecule has 1 aromatic carbocycles. The molecule has 3 aromatic rings. The number of nitrogens with zero attached hydrogens (tertiary/aromatic N) is 4. The highest BCUT2D eigenvalue weighted by Gasteiger charge is 2.30. The molecule has 3 rings (SSSR count). The standard InChI is InChI=1S/C18H14BrF3N4O3S/c1-29-11-26-10-12(16(25-26)15-3-2-8-23-17(15)19)9-24-30(27,28)14-6-4-13(5-7-14)18(20,21)22/h2-10H,11H2,1H3/b24-9+. The topological polar surface area (TPSA) is 86.4 Å². The molecule has 7 nitrogen and oxygen atoms in total. The van der Waals surface area contributed by atoms with Gasteiger partial charge < -0.3 is 4.74 Å². The lowest BCUT2D eigenvalue weighted by Crippen LogP contribution is -2.05. The van der Waals surface area contributed by atoms with Crippen molar-refractivity contribution in [2.24, 2.45) is 4.40 Å². The highest BCUT2D eigenvalue weighted by Crippen LogP contribution is 2.30. The minimum absolute atomic E-state index is 0.115. The molecule has 0 saturated heterocycles. The second-order valence-corrected chi connectivity index (χ2v) is 8.35. The first-order valence-corrected chi connectivity index (χ1v) is 10.5. The van der Waals surface area contributed by atoms with Crippen LogP contribution in [-0.2, 0) is 27.7 Å². The van der Waals surface area contributed by atoms with Crippen LogP contribution in [0.25, 0.3) is 11.3 Å². The minimum atomic E-state index is -4.56. The third kappa shape index (κ3) is 4.94. The molecule has 0 radical (unpaired) electrons. The Morgan fingerprint density at radius 1 is 1.23 bits per heavy atom. The van der Waals surface area contributed by atoms with Crippen molar-refractivity contribution in [1.29, 1.82) is 0 Å². The lowest BCUT2D eigenvalue weighted by Gasteiger charge is -2.06. The van der Waals surface area contributed by atoms with Crippen LogP contribution in [0.2, 0.25) is 0 Å². The van der Waals surface area contributed by atoms with E-state index in [-0.39, 0.29) is 11.6 Å². The summed E-state index contributed by atoms with van der Waals surface area (Å²) < 4.78 is 73.6. The fraction of sp³-hybridized carbons (Fsp3) is 0.167. The van der Waals surface area contributed by atoms with E-state index in [1.807, 2.05) is 0 Å². The van der Waals surface area contributed by atoms with E-state index in [0.717, 1.165) is 18.3 Å². The first-order valence-electron chi connectivity index (χ1n) is 8.26. The zero-order valence-electron chi connectivity index (χ0n) is 15.3. The lowest BCUT2D eigenvalue weighted by atomic mass is 10.1. The van der Waals surface area contributed by atoms with E-state index in [0.29, 0.717) is 33.6 Å². The number of methoxy groups -OCH3 is 1. The van der Waals surface area contributed by atoms with Gasteiger partial charge in [0, 0.05) is 30.6 Å². The summed E-state index contributed by atoms with van der Waals surface area (Å²) in [7, 11) is -2.75. The molecular weight excluding hydrogens is 489 g/mol. The van der Waals surface area contributed by atoms with Gasteiger partial charge >= 0.3 is 6.18 Å². The van der Waals surface area contributed by atoms with Gasteiger partial charge in [-0.25, -0.2) is 9.67 Å². The molecule has 0 amide bonds. The van der Waals surface area contributed by atoms with Gasteiger partial charge in [0.2, 0.25) is 0 Å². The Morgan fingerprint density at radius 3 is 2.53 bits per heavy atom. The van der Waals surface area contributed by atoms with Crippen LogP contribution in [0, 0.1) is 0 Å². The first-order chi connectivity index (χ1) is 14.1. The zero-order valence-corrected chi connectivity index (χ0v) is 17.7. The van der Waals surface area contributed by atoms with Crippen molar-refractivity contribution in [1.82, 2.24) is 14.8 Å². The molecule has 0 saturated carbocycles. The van der Waals surface area contributed by atoms with E-state index in [1.165, 1.54) is 18.0 Å². The molecule has 2 aromatic heterocycles. The van der Waals surface area contributed by atoms with Gasteiger partial charge in [-0.05, 0) is 52.3 Å². The van der Waals surface area contributed by atoms with Crippen LogP contribution in [0.1, 0.15) is 11.1 Å². The van der Waals surface area contributed by atoms with Gasteiger partial charge in [0.05, 0.1) is 16.7 Å². The molecule has 0 unspecified atom stereocenters. The fourth-order valence-electron chi connectivity index (χ4n) is 2.50. The Labute approximate surface area is 178 Å². The van der Waals surface area contributed by atoms with Gasteiger partial charge in [-0.1, -0.05) is 0 Å². The number of hydrogen-bond donors (Lipinski definition) is 0. The number of halogens is 4. The summed E-state index contributed by atoms with van der Waals surface area (Å²) >= 11 is 3.32. The van der Waals surface area contributed by atoms with Crippen molar-refractivity contribution in [2.75, 3.05) is 7.11 Å². The average molecular weight is 503 g/mol. The van der Waals surface area contributed by atoms with Crippen LogP contribution in [0.5, 0.6) is 0 Å². The predicted octanol–water partition coefficient (Wildman–Crippen LogP) is 4.14. The highest BCUT2D eigenvalue weighted by atomic mass is 79.9. The average Bonchev–Trinajstić information content (AvgIpc) is 3.09. The molecule has 0 aliphatic rings. The Hall–Kier alpha value is -2.57. The van der Waals surface area contributed by atoms with Gasteiger partial charge in [-0.15, -0.1) is 0 Å². The summed E-state index contributed by atoms with van der Waals surface area (Å²) in [5, 5.41) is 4.35. The number of ether oxygens (including phenoxy) is 1. The summed E-state index contributed by atoms with van der Waals surface area (Å²) in [4.78, 5) is 3.76. The number of sulfonamides is 1. The minimum Gasteiger partial charge on any atom is -0.362 e. The summed E-state index contributed by atoms with van der Waals surface area (Å²) in [5.41, 5.74) is 0.408. The molecular formula is C18H14BrF3N4O3S. The Balaban J connectivity index is 1.97. The van der Waals surface area contributed by atoms with E-state index in [9.17, 15) is 21.6 Å². The van der Waals surface area contributed by atoms with Crippen molar-refractivity contribution in [3.63, 3.8) is 0 Å². The van der Waals surface area contributed by atoms with Crippen LogP contribution in [0.15, 0.2) is 62.7 Å². The molecule has 0 fully saturated rings.